The van der Waals surface area contributed by atoms with Crippen molar-refractivity contribution in [2.75, 3.05) is 18.4 Å². The lowest BCUT2D eigenvalue weighted by Crippen LogP contribution is -2.35. The van der Waals surface area contributed by atoms with E-state index >= 15 is 0 Å². The monoisotopic (exact) mass is 256 g/mol. The minimum absolute atomic E-state index is 0.534. The van der Waals surface area contributed by atoms with Gasteiger partial charge in [-0.2, -0.15) is 5.10 Å². The zero-order chi connectivity index (χ0) is 13.1. The summed E-state index contributed by atoms with van der Waals surface area (Å²) in [7, 11) is 0. The predicted octanol–water partition coefficient (Wildman–Crippen LogP) is 2.55. The summed E-state index contributed by atoms with van der Waals surface area (Å²) in [5, 5.41) is 14.5. The first-order valence-corrected chi connectivity index (χ1v) is 6.92. The number of piperidine rings is 1. The van der Waals surface area contributed by atoms with E-state index in [-0.39, 0.29) is 0 Å². The van der Waals surface area contributed by atoms with E-state index in [0.29, 0.717) is 6.04 Å². The number of hydrogen-bond donors (Lipinski definition) is 3. The Morgan fingerprint density at radius 1 is 1.16 bits per heavy atom. The number of nitrogens with zero attached hydrogens (tertiary/aromatic N) is 1. The molecule has 0 spiro atoms. The van der Waals surface area contributed by atoms with Crippen molar-refractivity contribution in [1.29, 1.82) is 0 Å². The number of H-pyrrole nitrogens is 1. The molecule has 0 unspecified atom stereocenters. The van der Waals surface area contributed by atoms with Crippen molar-refractivity contribution in [3.63, 3.8) is 0 Å². The lowest BCUT2D eigenvalue weighted by molar-refractivity contribution is 0.478. The molecule has 1 aliphatic heterocycles. The van der Waals surface area contributed by atoms with E-state index in [1.165, 1.54) is 11.1 Å². The summed E-state index contributed by atoms with van der Waals surface area (Å²) in [5.41, 5.74) is 3.49. The zero-order valence-corrected chi connectivity index (χ0v) is 11.2. The molecule has 0 amide bonds. The largest absolute Gasteiger partial charge is 0.366 e. The van der Waals surface area contributed by atoms with E-state index in [9.17, 15) is 0 Å². The van der Waals surface area contributed by atoms with Crippen LogP contribution in [0, 0.1) is 6.92 Å². The van der Waals surface area contributed by atoms with Gasteiger partial charge in [0.05, 0.1) is 5.69 Å². The molecule has 3 rings (SSSR count). The Labute approximate surface area is 113 Å². The Morgan fingerprint density at radius 3 is 2.63 bits per heavy atom. The van der Waals surface area contributed by atoms with Crippen LogP contribution in [0.4, 0.5) is 5.82 Å². The molecule has 0 radical (unpaired) electrons. The van der Waals surface area contributed by atoms with Crippen molar-refractivity contribution >= 4 is 5.82 Å². The molecular formula is C15H20N4. The molecule has 0 bridgehead atoms. The summed E-state index contributed by atoms with van der Waals surface area (Å²) >= 11 is 0. The number of anilines is 1. The van der Waals surface area contributed by atoms with Crippen LogP contribution in [-0.4, -0.2) is 29.3 Å². The van der Waals surface area contributed by atoms with E-state index in [0.717, 1.165) is 37.4 Å². The van der Waals surface area contributed by atoms with Gasteiger partial charge in [0, 0.05) is 11.6 Å². The molecule has 0 aliphatic carbocycles. The van der Waals surface area contributed by atoms with Crippen molar-refractivity contribution in [1.82, 2.24) is 15.5 Å². The maximum absolute atomic E-state index is 4.43. The molecule has 0 saturated carbocycles. The van der Waals surface area contributed by atoms with Crippen molar-refractivity contribution in [2.24, 2.45) is 0 Å². The maximum Gasteiger partial charge on any atom is 0.151 e. The maximum atomic E-state index is 4.43. The molecule has 1 aliphatic rings. The average molecular weight is 256 g/mol. The highest BCUT2D eigenvalue weighted by Gasteiger charge is 2.16. The van der Waals surface area contributed by atoms with E-state index in [2.05, 4.69) is 52.0 Å². The molecule has 19 heavy (non-hydrogen) atoms. The zero-order valence-electron chi connectivity index (χ0n) is 11.2. The van der Waals surface area contributed by atoms with Gasteiger partial charge < -0.3 is 10.6 Å². The van der Waals surface area contributed by atoms with Crippen LogP contribution >= 0.6 is 0 Å². The molecule has 1 aromatic heterocycles. The van der Waals surface area contributed by atoms with Crippen molar-refractivity contribution in [3.8, 4) is 11.3 Å². The second kappa shape index (κ2) is 5.45. The smallest absolute Gasteiger partial charge is 0.151 e. The highest BCUT2D eigenvalue weighted by Crippen LogP contribution is 2.26. The first-order chi connectivity index (χ1) is 9.34. The Morgan fingerprint density at radius 2 is 1.89 bits per heavy atom. The van der Waals surface area contributed by atoms with Crippen LogP contribution in [0.5, 0.6) is 0 Å². The fourth-order valence-electron chi connectivity index (χ4n) is 2.58. The topological polar surface area (TPSA) is 52.7 Å². The van der Waals surface area contributed by atoms with Crippen LogP contribution < -0.4 is 10.6 Å². The van der Waals surface area contributed by atoms with Gasteiger partial charge in [-0.05, 0) is 38.4 Å². The van der Waals surface area contributed by atoms with Gasteiger partial charge in [0.2, 0.25) is 0 Å². The van der Waals surface area contributed by atoms with Crippen LogP contribution in [0.25, 0.3) is 11.3 Å². The first-order valence-electron chi connectivity index (χ1n) is 6.92. The van der Waals surface area contributed by atoms with Gasteiger partial charge in [0.1, 0.15) is 0 Å². The predicted molar refractivity (Wildman–Crippen MR) is 78.3 cm³/mol. The normalized spacial score (nSPS) is 16.5. The number of aromatic amines is 1. The lowest BCUT2D eigenvalue weighted by Gasteiger charge is -2.23. The van der Waals surface area contributed by atoms with Gasteiger partial charge in [-0.3, -0.25) is 5.10 Å². The van der Waals surface area contributed by atoms with Crippen LogP contribution in [0.1, 0.15) is 18.4 Å². The Hall–Kier alpha value is -1.81. The summed E-state index contributed by atoms with van der Waals surface area (Å²) in [6.45, 7) is 4.30. The molecule has 3 N–H and O–H groups in total. The van der Waals surface area contributed by atoms with E-state index in [1.54, 1.807) is 0 Å². The highest BCUT2D eigenvalue weighted by atomic mass is 15.2. The molecule has 1 saturated heterocycles. The van der Waals surface area contributed by atoms with Crippen molar-refractivity contribution in [2.45, 2.75) is 25.8 Å². The van der Waals surface area contributed by atoms with Gasteiger partial charge in [-0.25, -0.2) is 0 Å². The van der Waals surface area contributed by atoms with Crippen LogP contribution in [-0.2, 0) is 0 Å². The second-order valence-corrected chi connectivity index (χ2v) is 5.11. The molecule has 4 nitrogen and oxygen atoms in total. The Kier molecular flexibility index (Phi) is 3.51. The number of benzene rings is 1. The molecule has 1 aromatic carbocycles. The molecule has 0 atom stereocenters. The van der Waals surface area contributed by atoms with E-state index in [1.807, 2.05) is 6.07 Å². The quantitative estimate of drug-likeness (QED) is 0.791. The van der Waals surface area contributed by atoms with Crippen LogP contribution in [0.2, 0.25) is 0 Å². The third-order valence-electron chi connectivity index (χ3n) is 3.75. The fraction of sp³-hybridized carbons (Fsp3) is 0.400. The summed E-state index contributed by atoms with van der Waals surface area (Å²) in [4.78, 5) is 0. The molecule has 2 aromatic rings. The third-order valence-corrected chi connectivity index (χ3v) is 3.75. The number of hydrogen-bond acceptors (Lipinski definition) is 3. The van der Waals surface area contributed by atoms with Crippen LogP contribution in [0.3, 0.4) is 0 Å². The number of nitrogens with one attached hydrogen (secondary N) is 3. The standard InChI is InChI=1S/C15H20N4/c1-11-14(12-5-3-2-4-6-12)18-19-15(11)17-13-7-9-16-10-8-13/h2-6,13,16H,7-10H2,1H3,(H2,17,18,19). The van der Waals surface area contributed by atoms with Crippen molar-refractivity contribution < 1.29 is 0 Å². The second-order valence-electron chi connectivity index (χ2n) is 5.11. The van der Waals surface area contributed by atoms with Gasteiger partial charge in [-0.1, -0.05) is 30.3 Å². The molecule has 100 valence electrons. The number of aromatic nitrogens is 2. The summed E-state index contributed by atoms with van der Waals surface area (Å²) in [6.07, 6.45) is 2.32. The minimum atomic E-state index is 0.534. The minimum Gasteiger partial charge on any atom is -0.366 e. The van der Waals surface area contributed by atoms with Crippen molar-refractivity contribution in [3.05, 3.63) is 35.9 Å². The molecule has 2 heterocycles. The summed E-state index contributed by atoms with van der Waals surface area (Å²) in [6, 6.07) is 10.9. The molecule has 1 fully saturated rings. The first kappa shape index (κ1) is 12.2. The summed E-state index contributed by atoms with van der Waals surface area (Å²) in [5.74, 6) is 0.991. The third kappa shape index (κ3) is 2.63. The Balaban J connectivity index is 1.79. The van der Waals surface area contributed by atoms with Gasteiger partial charge >= 0.3 is 0 Å². The fourth-order valence-corrected chi connectivity index (χ4v) is 2.58. The SMILES string of the molecule is Cc1c(NC2CCNCC2)n[nH]c1-c1ccccc1. The van der Waals surface area contributed by atoms with Gasteiger partial charge in [0.15, 0.2) is 5.82 Å². The highest BCUT2D eigenvalue weighted by molar-refractivity contribution is 5.68. The van der Waals surface area contributed by atoms with Crippen LogP contribution in [0.15, 0.2) is 30.3 Å². The molecule has 4 heteroatoms. The van der Waals surface area contributed by atoms with E-state index in [4.69, 9.17) is 0 Å². The summed E-state index contributed by atoms with van der Waals surface area (Å²) < 4.78 is 0. The van der Waals surface area contributed by atoms with E-state index < -0.39 is 0 Å². The number of rotatable bonds is 3. The Bertz CT molecular complexity index is 526. The lowest BCUT2D eigenvalue weighted by atomic mass is 10.1. The van der Waals surface area contributed by atoms with Gasteiger partial charge in [0.25, 0.3) is 0 Å². The average Bonchev–Trinajstić information content (AvgIpc) is 2.82. The van der Waals surface area contributed by atoms with Gasteiger partial charge in [-0.15, -0.1) is 0 Å². The molecular weight excluding hydrogens is 236 g/mol.